The van der Waals surface area contributed by atoms with Gasteiger partial charge in [0.05, 0.1) is 13.1 Å². The summed E-state index contributed by atoms with van der Waals surface area (Å²) in [5.41, 5.74) is 1.18. The van der Waals surface area contributed by atoms with Crippen molar-refractivity contribution in [2.45, 2.75) is 32.2 Å². The Morgan fingerprint density at radius 3 is 3.14 bits per heavy atom. The van der Waals surface area contributed by atoms with Crippen molar-refractivity contribution < 1.29 is 4.79 Å². The number of aryl methyl sites for hydroxylation is 1. The Kier molecular flexibility index (Phi) is 4.90. The monoisotopic (exact) mass is 318 g/mol. The Morgan fingerprint density at radius 1 is 1.50 bits per heavy atom. The maximum Gasteiger partial charge on any atom is 0.234 e. The highest BCUT2D eigenvalue weighted by Gasteiger charge is 2.23. The summed E-state index contributed by atoms with van der Waals surface area (Å²) in [5.74, 6) is 0.570. The van der Waals surface area contributed by atoms with E-state index in [-0.39, 0.29) is 5.91 Å². The van der Waals surface area contributed by atoms with E-state index in [1.54, 1.807) is 17.5 Å². The summed E-state index contributed by atoms with van der Waals surface area (Å²) >= 11 is 1.74. The van der Waals surface area contributed by atoms with E-state index in [4.69, 9.17) is 0 Å². The van der Waals surface area contributed by atoms with Crippen molar-refractivity contribution in [1.82, 2.24) is 20.4 Å². The zero-order chi connectivity index (χ0) is 15.4. The molecule has 22 heavy (non-hydrogen) atoms. The summed E-state index contributed by atoms with van der Waals surface area (Å²) in [6, 6.07) is 6.20. The lowest BCUT2D eigenvalue weighted by Crippen LogP contribution is -2.41. The molecule has 3 rings (SSSR count). The van der Waals surface area contributed by atoms with Gasteiger partial charge in [-0.15, -0.1) is 11.3 Å². The second kappa shape index (κ2) is 7.07. The van der Waals surface area contributed by atoms with Crippen LogP contribution in [0.1, 0.15) is 34.2 Å². The number of amides is 1. The number of hydrogen-bond acceptors (Lipinski definition) is 4. The fourth-order valence-corrected chi connectivity index (χ4v) is 3.80. The summed E-state index contributed by atoms with van der Waals surface area (Å²) < 4.78 is 0. The van der Waals surface area contributed by atoms with Crippen molar-refractivity contribution in [2.75, 3.05) is 19.6 Å². The summed E-state index contributed by atoms with van der Waals surface area (Å²) in [4.78, 5) is 16.8. The van der Waals surface area contributed by atoms with Gasteiger partial charge in [0.2, 0.25) is 5.91 Å². The Morgan fingerprint density at radius 2 is 2.41 bits per heavy atom. The quantitative estimate of drug-likeness (QED) is 0.889. The van der Waals surface area contributed by atoms with E-state index in [9.17, 15) is 4.79 Å². The summed E-state index contributed by atoms with van der Waals surface area (Å²) in [5, 5.41) is 10.1. The van der Waals surface area contributed by atoms with Crippen LogP contribution in [0.15, 0.2) is 24.4 Å². The largest absolute Gasteiger partial charge is 0.350 e. The van der Waals surface area contributed by atoms with Gasteiger partial charge in [-0.1, -0.05) is 0 Å². The average molecular weight is 318 g/mol. The standard InChI is InChI=1S/C16H22N4OS/c1-12-4-5-14(22-12)9-17-16(21)11-20-8-2-3-13(10-20)15-6-7-18-19-15/h4-7,13H,2-3,8-11H2,1H3,(H,17,21)(H,18,19). The molecule has 1 aliphatic rings. The molecule has 0 aliphatic carbocycles. The second-order valence-electron chi connectivity index (χ2n) is 5.88. The van der Waals surface area contributed by atoms with Gasteiger partial charge in [-0.3, -0.25) is 14.8 Å². The molecule has 118 valence electrons. The van der Waals surface area contributed by atoms with Gasteiger partial charge in [-0.2, -0.15) is 5.10 Å². The number of carbonyl (C=O) groups is 1. The number of rotatable bonds is 5. The third kappa shape index (κ3) is 3.96. The first-order valence-electron chi connectivity index (χ1n) is 7.74. The van der Waals surface area contributed by atoms with Crippen molar-refractivity contribution in [3.63, 3.8) is 0 Å². The molecule has 1 aliphatic heterocycles. The third-order valence-electron chi connectivity index (χ3n) is 4.09. The van der Waals surface area contributed by atoms with Gasteiger partial charge in [-0.05, 0) is 44.5 Å². The van der Waals surface area contributed by atoms with Gasteiger partial charge in [-0.25, -0.2) is 0 Å². The van der Waals surface area contributed by atoms with Gasteiger partial charge >= 0.3 is 0 Å². The third-order valence-corrected chi connectivity index (χ3v) is 5.09. The summed E-state index contributed by atoms with van der Waals surface area (Å²) in [7, 11) is 0. The fourth-order valence-electron chi connectivity index (χ4n) is 2.97. The van der Waals surface area contributed by atoms with Gasteiger partial charge in [0.25, 0.3) is 0 Å². The second-order valence-corrected chi connectivity index (χ2v) is 7.25. The fraction of sp³-hybridized carbons (Fsp3) is 0.500. The minimum Gasteiger partial charge on any atom is -0.350 e. The smallest absolute Gasteiger partial charge is 0.234 e. The Bertz CT molecular complexity index is 607. The van der Waals surface area contributed by atoms with Crippen LogP contribution >= 0.6 is 11.3 Å². The van der Waals surface area contributed by atoms with Crippen LogP contribution in [0.4, 0.5) is 0 Å². The molecular weight excluding hydrogens is 296 g/mol. The van der Waals surface area contributed by atoms with Crippen LogP contribution < -0.4 is 5.32 Å². The predicted octanol–water partition coefficient (Wildman–Crippen LogP) is 2.28. The first-order chi connectivity index (χ1) is 10.7. The van der Waals surface area contributed by atoms with Crippen molar-refractivity contribution in [1.29, 1.82) is 0 Å². The van der Waals surface area contributed by atoms with Crippen LogP contribution in [0.2, 0.25) is 0 Å². The molecule has 1 atom stereocenters. The van der Waals surface area contributed by atoms with Crippen molar-refractivity contribution >= 4 is 17.2 Å². The number of aromatic nitrogens is 2. The highest BCUT2D eigenvalue weighted by Crippen LogP contribution is 2.24. The molecular formula is C16H22N4OS. The van der Waals surface area contributed by atoms with Crippen LogP contribution in [-0.4, -0.2) is 40.6 Å². The molecule has 1 saturated heterocycles. The number of thiophene rings is 1. The minimum absolute atomic E-state index is 0.108. The molecule has 5 nitrogen and oxygen atoms in total. The lowest BCUT2D eigenvalue weighted by molar-refractivity contribution is -0.122. The topological polar surface area (TPSA) is 61.0 Å². The van der Waals surface area contributed by atoms with E-state index in [1.807, 2.05) is 6.07 Å². The molecule has 1 fully saturated rings. The maximum absolute atomic E-state index is 12.1. The molecule has 0 saturated carbocycles. The van der Waals surface area contributed by atoms with Gasteiger partial charge in [0.1, 0.15) is 0 Å². The van der Waals surface area contributed by atoms with E-state index < -0.39 is 0 Å². The number of nitrogens with zero attached hydrogens (tertiary/aromatic N) is 2. The molecule has 1 unspecified atom stereocenters. The number of hydrogen-bond donors (Lipinski definition) is 2. The summed E-state index contributed by atoms with van der Waals surface area (Å²) in [6.45, 7) is 5.12. The summed E-state index contributed by atoms with van der Waals surface area (Å²) in [6.07, 6.45) is 4.08. The van der Waals surface area contributed by atoms with Crippen LogP contribution in [-0.2, 0) is 11.3 Å². The molecule has 0 bridgehead atoms. The molecule has 2 aromatic rings. The Hall–Kier alpha value is -1.66. The molecule has 0 spiro atoms. The van der Waals surface area contributed by atoms with Crippen LogP contribution in [0.5, 0.6) is 0 Å². The number of nitrogens with one attached hydrogen (secondary N) is 2. The van der Waals surface area contributed by atoms with Crippen molar-refractivity contribution in [2.24, 2.45) is 0 Å². The van der Waals surface area contributed by atoms with Gasteiger partial charge in [0, 0.05) is 34.1 Å². The number of aromatic amines is 1. The number of carbonyl (C=O) groups excluding carboxylic acids is 1. The Balaban J connectivity index is 1.46. The SMILES string of the molecule is Cc1ccc(CNC(=O)CN2CCCC(c3ccn[nH]3)C2)s1. The van der Waals surface area contributed by atoms with E-state index in [1.165, 1.54) is 15.4 Å². The van der Waals surface area contributed by atoms with Gasteiger partial charge < -0.3 is 5.32 Å². The minimum atomic E-state index is 0.108. The zero-order valence-corrected chi connectivity index (χ0v) is 13.7. The molecule has 2 aromatic heterocycles. The highest BCUT2D eigenvalue weighted by atomic mass is 32.1. The van der Waals surface area contributed by atoms with Crippen molar-refractivity contribution in [3.05, 3.63) is 39.8 Å². The van der Waals surface area contributed by atoms with Gasteiger partial charge in [0.15, 0.2) is 0 Å². The zero-order valence-electron chi connectivity index (χ0n) is 12.8. The van der Waals surface area contributed by atoms with Crippen LogP contribution in [0.3, 0.4) is 0 Å². The molecule has 3 heterocycles. The van der Waals surface area contributed by atoms with E-state index in [0.29, 0.717) is 19.0 Å². The molecule has 1 amide bonds. The van der Waals surface area contributed by atoms with Crippen LogP contribution in [0, 0.1) is 6.92 Å². The highest BCUT2D eigenvalue weighted by molar-refractivity contribution is 7.11. The normalized spacial score (nSPS) is 19.2. The van der Waals surface area contributed by atoms with E-state index >= 15 is 0 Å². The van der Waals surface area contributed by atoms with Crippen molar-refractivity contribution in [3.8, 4) is 0 Å². The molecule has 0 aromatic carbocycles. The number of H-pyrrole nitrogens is 1. The van der Waals surface area contributed by atoms with Crippen LogP contribution in [0.25, 0.3) is 0 Å². The van der Waals surface area contributed by atoms with E-state index in [2.05, 4.69) is 39.5 Å². The Labute approximate surface area is 134 Å². The molecule has 0 radical (unpaired) electrons. The molecule has 6 heteroatoms. The predicted molar refractivity (Wildman–Crippen MR) is 87.9 cm³/mol. The molecule has 2 N–H and O–H groups in total. The lowest BCUT2D eigenvalue weighted by atomic mass is 9.95. The lowest BCUT2D eigenvalue weighted by Gasteiger charge is -2.31. The first kappa shape index (κ1) is 15.2. The average Bonchev–Trinajstić information content (AvgIpc) is 3.17. The number of likely N-dealkylation sites (tertiary alicyclic amines) is 1. The first-order valence-corrected chi connectivity index (χ1v) is 8.56. The maximum atomic E-state index is 12.1. The van der Waals surface area contributed by atoms with E-state index in [0.717, 1.165) is 25.9 Å². The number of piperidine rings is 1.